The Kier molecular flexibility index (Phi) is 5.59. The van der Waals surface area contributed by atoms with Crippen LogP contribution in [0.3, 0.4) is 0 Å². The molecule has 0 aliphatic rings. The second-order valence-corrected chi connectivity index (χ2v) is 6.69. The normalized spacial score (nSPS) is 11.6. The molecular formula is C18H14N3O6S-. The lowest BCUT2D eigenvalue weighted by molar-refractivity contribution is -0.384. The third-order valence-electron chi connectivity index (χ3n) is 3.66. The number of hydrogen-bond acceptors (Lipinski definition) is 9. The van der Waals surface area contributed by atoms with Crippen molar-refractivity contribution in [1.29, 1.82) is 0 Å². The fourth-order valence-electron chi connectivity index (χ4n) is 2.35. The molecule has 0 amide bonds. The van der Waals surface area contributed by atoms with Crippen molar-refractivity contribution in [3.8, 4) is 11.3 Å². The van der Waals surface area contributed by atoms with Gasteiger partial charge in [-0.25, -0.2) is 0 Å². The first kappa shape index (κ1) is 19.4. The molecule has 0 radical (unpaired) electrons. The zero-order chi connectivity index (χ0) is 20.3. The molecule has 10 heteroatoms. The highest BCUT2D eigenvalue weighted by Gasteiger charge is 2.18. The monoisotopic (exact) mass is 400 g/mol. The van der Waals surface area contributed by atoms with Gasteiger partial charge in [-0.1, -0.05) is 13.0 Å². The maximum absolute atomic E-state index is 11.4. The highest BCUT2D eigenvalue weighted by atomic mass is 32.2. The molecule has 0 N–H and O–H groups in total. The Hall–Kier alpha value is -3.40. The van der Waals surface area contributed by atoms with Gasteiger partial charge in [-0.05, 0) is 48.5 Å². The first-order valence-electron chi connectivity index (χ1n) is 8.16. The summed E-state index contributed by atoms with van der Waals surface area (Å²) in [5.41, 5.74) is 0.934. The van der Waals surface area contributed by atoms with Crippen molar-refractivity contribution in [2.75, 3.05) is 0 Å². The van der Waals surface area contributed by atoms with E-state index in [1.54, 1.807) is 19.1 Å². The summed E-state index contributed by atoms with van der Waals surface area (Å²) in [6, 6.07) is 7.79. The lowest BCUT2D eigenvalue weighted by atomic mass is 10.1. The van der Waals surface area contributed by atoms with Crippen molar-refractivity contribution in [1.82, 2.24) is 10.2 Å². The Morgan fingerprint density at radius 2 is 2.04 bits per heavy atom. The number of hydrogen-bond donors (Lipinski definition) is 0. The Bertz CT molecular complexity index is 1070. The zero-order valence-corrected chi connectivity index (χ0v) is 15.7. The second kappa shape index (κ2) is 8.09. The van der Waals surface area contributed by atoms with Crippen LogP contribution in [0.1, 0.15) is 24.1 Å². The summed E-state index contributed by atoms with van der Waals surface area (Å²) in [4.78, 5) is 22.0. The topological polar surface area (TPSA) is 135 Å². The van der Waals surface area contributed by atoms with Gasteiger partial charge in [0.1, 0.15) is 11.5 Å². The second-order valence-electron chi connectivity index (χ2n) is 5.69. The number of nitro benzene ring substituents is 1. The minimum absolute atomic E-state index is 0.0632. The van der Waals surface area contributed by atoms with E-state index in [-0.39, 0.29) is 27.3 Å². The molecule has 3 rings (SSSR count). The third kappa shape index (κ3) is 4.29. The lowest BCUT2D eigenvalue weighted by Crippen LogP contribution is -2.22. The van der Waals surface area contributed by atoms with Crippen LogP contribution >= 0.6 is 11.8 Å². The van der Waals surface area contributed by atoms with E-state index in [1.807, 2.05) is 6.92 Å². The summed E-state index contributed by atoms with van der Waals surface area (Å²) >= 11 is 0.733. The van der Waals surface area contributed by atoms with Crippen LogP contribution in [0, 0.1) is 17.0 Å². The van der Waals surface area contributed by atoms with Gasteiger partial charge in [0.25, 0.3) is 10.9 Å². The molecule has 0 saturated carbocycles. The maximum Gasteiger partial charge on any atom is 0.281 e. The Morgan fingerprint density at radius 3 is 2.68 bits per heavy atom. The van der Waals surface area contributed by atoms with E-state index in [0.29, 0.717) is 17.9 Å². The van der Waals surface area contributed by atoms with Crippen LogP contribution in [0.5, 0.6) is 0 Å². The number of benzene rings is 1. The van der Waals surface area contributed by atoms with Gasteiger partial charge in [-0.2, -0.15) is 0 Å². The molecule has 0 bridgehead atoms. The van der Waals surface area contributed by atoms with Gasteiger partial charge in [0.2, 0.25) is 5.89 Å². The molecule has 0 fully saturated rings. The van der Waals surface area contributed by atoms with Crippen LogP contribution in [-0.4, -0.2) is 21.1 Å². The third-order valence-corrected chi connectivity index (χ3v) is 4.51. The Morgan fingerprint density at radius 1 is 1.25 bits per heavy atom. The number of carboxylic acid groups (broad SMARTS) is 1. The molecular weight excluding hydrogens is 386 g/mol. The molecule has 0 aliphatic carbocycles. The summed E-state index contributed by atoms with van der Waals surface area (Å²) in [6.45, 7) is 3.57. The number of carbonyl (C=O) groups excluding carboxylic acids is 1. The number of thioether (sulfide) groups is 1. The van der Waals surface area contributed by atoms with Crippen LogP contribution < -0.4 is 5.11 Å². The van der Waals surface area contributed by atoms with Gasteiger partial charge < -0.3 is 18.7 Å². The minimum atomic E-state index is -1.44. The number of aromatic nitrogens is 2. The summed E-state index contributed by atoms with van der Waals surface area (Å²) in [7, 11) is 0. The summed E-state index contributed by atoms with van der Waals surface area (Å²) in [5.74, 6) is -0.633. The molecule has 1 aromatic carbocycles. The number of nitro groups is 1. The van der Waals surface area contributed by atoms with Crippen LogP contribution in [0.4, 0.5) is 5.69 Å². The molecule has 0 spiro atoms. The highest BCUT2D eigenvalue weighted by molar-refractivity contribution is 8.03. The lowest BCUT2D eigenvalue weighted by Gasteiger charge is -2.04. The van der Waals surface area contributed by atoms with Crippen molar-refractivity contribution in [2.45, 2.75) is 25.5 Å². The molecule has 2 aromatic heterocycles. The standard InChI is InChI=1S/C18H15N3O6S/c1-3-16-19-20-18(27-16)28-15(17(22)23)9-11-5-7-14(26-11)12-6-4-10(2)8-13(12)21(24)25/h4-9H,3H2,1-2H3,(H,22,23)/p-1/b15-9+. The molecule has 3 aromatic rings. The number of rotatable bonds is 7. The van der Waals surface area contributed by atoms with Crippen LogP contribution in [0.15, 0.2) is 49.3 Å². The summed E-state index contributed by atoms with van der Waals surface area (Å²) in [6.07, 6.45) is 1.76. The summed E-state index contributed by atoms with van der Waals surface area (Å²) < 4.78 is 10.9. The van der Waals surface area contributed by atoms with Crippen LogP contribution in [-0.2, 0) is 11.2 Å². The van der Waals surface area contributed by atoms with Crippen molar-refractivity contribution < 1.29 is 23.7 Å². The van der Waals surface area contributed by atoms with E-state index >= 15 is 0 Å². The van der Waals surface area contributed by atoms with E-state index in [0.717, 1.165) is 17.3 Å². The van der Waals surface area contributed by atoms with E-state index in [9.17, 15) is 20.0 Å². The van der Waals surface area contributed by atoms with Crippen LogP contribution in [0.2, 0.25) is 0 Å². The molecule has 0 unspecified atom stereocenters. The van der Waals surface area contributed by atoms with E-state index in [1.165, 1.54) is 24.3 Å². The Labute approximate surface area is 163 Å². The predicted molar refractivity (Wildman–Crippen MR) is 98.1 cm³/mol. The maximum atomic E-state index is 11.4. The molecule has 9 nitrogen and oxygen atoms in total. The van der Waals surface area contributed by atoms with Crippen molar-refractivity contribution in [3.05, 3.63) is 62.6 Å². The van der Waals surface area contributed by atoms with Gasteiger partial charge in [-0.3, -0.25) is 10.1 Å². The fourth-order valence-corrected chi connectivity index (χ4v) is 3.02. The van der Waals surface area contributed by atoms with Gasteiger partial charge in [0, 0.05) is 17.4 Å². The van der Waals surface area contributed by atoms with Crippen molar-refractivity contribution in [3.63, 3.8) is 0 Å². The average molecular weight is 400 g/mol. The van der Waals surface area contributed by atoms with Gasteiger partial charge in [-0.15, -0.1) is 10.2 Å². The number of furan rings is 1. The molecule has 28 heavy (non-hydrogen) atoms. The van der Waals surface area contributed by atoms with Gasteiger partial charge >= 0.3 is 0 Å². The predicted octanol–water partition coefficient (Wildman–Crippen LogP) is 2.99. The molecule has 2 heterocycles. The van der Waals surface area contributed by atoms with Crippen molar-refractivity contribution >= 4 is 29.5 Å². The van der Waals surface area contributed by atoms with Crippen molar-refractivity contribution in [2.24, 2.45) is 0 Å². The number of aliphatic carboxylic acids is 1. The molecule has 0 atom stereocenters. The molecule has 144 valence electrons. The quantitative estimate of drug-likeness (QED) is 0.254. The van der Waals surface area contributed by atoms with E-state index < -0.39 is 10.9 Å². The molecule has 0 aliphatic heterocycles. The Balaban J connectivity index is 1.91. The average Bonchev–Trinajstić information content (AvgIpc) is 3.30. The number of carboxylic acids is 1. The number of carbonyl (C=O) groups is 1. The smallest absolute Gasteiger partial charge is 0.281 e. The van der Waals surface area contributed by atoms with Crippen LogP contribution in [0.25, 0.3) is 17.4 Å². The number of nitrogens with zero attached hydrogens (tertiary/aromatic N) is 3. The first-order valence-corrected chi connectivity index (χ1v) is 8.97. The van der Waals surface area contributed by atoms with E-state index in [4.69, 9.17) is 8.83 Å². The minimum Gasteiger partial charge on any atom is -0.544 e. The fraction of sp³-hybridized carbons (Fsp3) is 0.167. The largest absolute Gasteiger partial charge is 0.544 e. The number of aryl methyl sites for hydroxylation is 2. The SMILES string of the molecule is CCc1nnc(S/C(=C/c2ccc(-c3ccc(C)cc3[N+](=O)[O-])o2)C(=O)[O-])o1. The summed E-state index contributed by atoms with van der Waals surface area (Å²) in [5, 5.41) is 30.3. The molecule has 0 saturated heterocycles. The first-order chi connectivity index (χ1) is 13.4. The van der Waals surface area contributed by atoms with Gasteiger partial charge in [0.05, 0.1) is 16.5 Å². The zero-order valence-electron chi connectivity index (χ0n) is 14.9. The highest BCUT2D eigenvalue weighted by Crippen LogP contribution is 2.33. The van der Waals surface area contributed by atoms with E-state index in [2.05, 4.69) is 10.2 Å². The van der Waals surface area contributed by atoms with Gasteiger partial charge in [0.15, 0.2) is 0 Å².